The molecule has 1 aliphatic carbocycles. The van der Waals surface area contributed by atoms with Gasteiger partial charge in [0.15, 0.2) is 5.78 Å². The zero-order valence-corrected chi connectivity index (χ0v) is 48.0. The summed E-state index contributed by atoms with van der Waals surface area (Å²) in [5.74, 6) is -8.93. The van der Waals surface area contributed by atoms with Crippen LogP contribution in [0.5, 0.6) is 0 Å². The summed E-state index contributed by atoms with van der Waals surface area (Å²) in [7, 11) is 0.987. The quantitative estimate of drug-likeness (QED) is 0.105. The third-order valence-corrected chi connectivity index (χ3v) is 19.9. The maximum absolute atomic E-state index is 15.1. The molecule has 15 nitrogen and oxygen atoms in total. The van der Waals surface area contributed by atoms with Crippen LogP contribution in [0.1, 0.15) is 112 Å². The predicted molar refractivity (Wildman–Crippen MR) is 297 cm³/mol. The molecule has 16 atom stereocenters. The van der Waals surface area contributed by atoms with Crippen LogP contribution in [0.4, 0.5) is 0 Å². The molecule has 3 saturated heterocycles. The monoisotopic (exact) mass is 1100 g/mol. The summed E-state index contributed by atoms with van der Waals surface area (Å²) in [6.07, 6.45) is 10.2. The lowest BCUT2D eigenvalue weighted by atomic mass is 9.68. The van der Waals surface area contributed by atoms with E-state index < -0.39 is 109 Å². The first-order valence-electron chi connectivity index (χ1n) is 28.1. The van der Waals surface area contributed by atoms with Gasteiger partial charge in [-0.25, -0.2) is 4.79 Å². The number of aliphatic hydroxyl groups excluding tert-OH is 1. The van der Waals surface area contributed by atoms with Crippen LogP contribution >= 0.6 is 7.37 Å². The SMILES string of the molecule is CO[C@H]1C[C@@H]2CC[C@@H](C)[C@@](O)(O2)C(=O)C(=O)N2CCC[C@@H]3C(C[C@@H]4CC[C@@H](OP(=O)(c5ccccc5)c5ccccc5)[C@H](OC)C4)C(CC(=O)C(C)/C=C(\C)[C@@H](O)[C@@H](OC)C(=O)[C@H](C)CC(C)/C=C/C=C/C=C1C)OC(=O)C32. The van der Waals surface area contributed by atoms with E-state index in [-0.39, 0.29) is 36.4 Å². The van der Waals surface area contributed by atoms with Gasteiger partial charge < -0.3 is 43.3 Å². The van der Waals surface area contributed by atoms with Gasteiger partial charge in [-0.05, 0) is 125 Å². The number of ether oxygens (including phenoxy) is 5. The molecule has 16 heteroatoms. The lowest BCUT2D eigenvalue weighted by molar-refractivity contribution is -0.266. The van der Waals surface area contributed by atoms with Crippen molar-refractivity contribution in [2.75, 3.05) is 27.9 Å². The van der Waals surface area contributed by atoms with Gasteiger partial charge in [-0.2, -0.15) is 0 Å². The lowest BCUT2D eigenvalue weighted by Crippen LogP contribution is -2.65. The normalized spacial score (nSPS) is 37.0. The number of esters is 1. The fourth-order valence-corrected chi connectivity index (χ4v) is 15.0. The Kier molecular flexibility index (Phi) is 21.2. The Morgan fingerprint density at radius 3 is 2.09 bits per heavy atom. The highest BCUT2D eigenvalue weighted by molar-refractivity contribution is 7.74. The van der Waals surface area contributed by atoms with Crippen molar-refractivity contribution in [3.8, 4) is 0 Å². The van der Waals surface area contributed by atoms with Crippen LogP contribution in [0, 0.1) is 41.4 Å². The van der Waals surface area contributed by atoms with Gasteiger partial charge in [-0.1, -0.05) is 101 Å². The highest BCUT2D eigenvalue weighted by Gasteiger charge is 2.57. The van der Waals surface area contributed by atoms with E-state index in [1.54, 1.807) is 41.1 Å². The summed E-state index contributed by atoms with van der Waals surface area (Å²) < 4.78 is 52.1. The van der Waals surface area contributed by atoms with Crippen LogP contribution in [0.3, 0.4) is 0 Å². The molecular formula is C62H84NO14P. The van der Waals surface area contributed by atoms with E-state index in [2.05, 4.69) is 0 Å². The second-order valence-corrected chi connectivity index (χ2v) is 25.2. The minimum Gasteiger partial charge on any atom is -0.460 e. The number of hydrogen-bond acceptors (Lipinski definition) is 14. The fourth-order valence-electron chi connectivity index (χ4n) is 12.7. The Labute approximate surface area is 461 Å². The van der Waals surface area contributed by atoms with Gasteiger partial charge in [-0.15, -0.1) is 0 Å². The van der Waals surface area contributed by atoms with Crippen LogP contribution < -0.4 is 10.6 Å². The first-order valence-corrected chi connectivity index (χ1v) is 29.7. The molecule has 5 aliphatic rings. The molecule has 0 spiro atoms. The molecule has 4 aliphatic heterocycles. The first kappa shape index (κ1) is 60.9. The van der Waals surface area contributed by atoms with E-state index in [9.17, 15) is 34.2 Å². The van der Waals surface area contributed by atoms with Gasteiger partial charge in [0.1, 0.15) is 30.1 Å². The van der Waals surface area contributed by atoms with E-state index in [1.807, 2.05) is 112 Å². The number of aliphatic hydroxyl groups is 2. The van der Waals surface area contributed by atoms with E-state index in [0.29, 0.717) is 80.4 Å². The number of allylic oxidation sites excluding steroid dienone is 6. The highest BCUT2D eigenvalue weighted by Crippen LogP contribution is 2.50. The van der Waals surface area contributed by atoms with Crippen molar-refractivity contribution in [1.82, 2.24) is 4.90 Å². The second-order valence-electron chi connectivity index (χ2n) is 22.8. The van der Waals surface area contributed by atoms with Gasteiger partial charge in [0.25, 0.3) is 19.1 Å². The molecule has 0 radical (unpaired) electrons. The molecule has 2 N–H and O–H groups in total. The molecule has 2 aromatic carbocycles. The standard InChI is InChI=1S/C62H84NO14P/c1-38-20-13-10-14-21-39(2)52(72-7)36-45-29-27-43(6)62(70,76-45)59(67)60(68)63-31-19-26-48-49(53(75-61(69)55(48)63)37-50(64)40(3)33-42(5)57(66)58(74-9)56(65)41(4)32-38)34-44-28-30-51(54(35-44)73-8)77-78(71,46-22-15-11-16-23-46)47-24-17-12-18-25-47/h10-18,20-25,33,38,40-41,43-45,48-49,51-55,57-58,66,70H,19,26-32,34-37H2,1-9H3/b14-10+,20-13+,39-21?,42-33+/t38?,40?,41-,43-,44+,45+,48-,49?,51-,52+,53?,54-,55?,57-,58+,62-/m1/s1. The number of benzene rings is 2. The summed E-state index contributed by atoms with van der Waals surface area (Å²) >= 11 is 0. The van der Waals surface area contributed by atoms with E-state index in [4.69, 9.17) is 28.2 Å². The Morgan fingerprint density at radius 2 is 1.45 bits per heavy atom. The Morgan fingerprint density at radius 1 is 0.769 bits per heavy atom. The van der Waals surface area contributed by atoms with Crippen molar-refractivity contribution in [3.05, 3.63) is 108 Å². The maximum atomic E-state index is 15.1. The number of Topliss-reactive ketones (excluding diaryl/α,β-unsaturated/α-hetero) is 3. The second kappa shape index (κ2) is 27.2. The molecule has 426 valence electrons. The molecule has 7 rings (SSSR count). The topological polar surface area (TPSA) is 201 Å². The van der Waals surface area contributed by atoms with Gasteiger partial charge in [-0.3, -0.25) is 23.7 Å². The minimum atomic E-state index is -3.58. The fraction of sp³-hybridized carbons (Fsp3) is 0.597. The van der Waals surface area contributed by atoms with Gasteiger partial charge in [0.2, 0.25) is 5.79 Å². The maximum Gasteiger partial charge on any atom is 0.329 e. The minimum absolute atomic E-state index is 0.00414. The summed E-state index contributed by atoms with van der Waals surface area (Å²) in [4.78, 5) is 73.5. The molecule has 78 heavy (non-hydrogen) atoms. The smallest absolute Gasteiger partial charge is 0.329 e. The van der Waals surface area contributed by atoms with Crippen LogP contribution in [0.25, 0.3) is 0 Å². The zero-order chi connectivity index (χ0) is 56.5. The molecule has 1 saturated carbocycles. The molecule has 2 aromatic rings. The number of hydrogen-bond donors (Lipinski definition) is 2. The molecule has 0 aromatic heterocycles. The third-order valence-electron chi connectivity index (χ3n) is 17.4. The van der Waals surface area contributed by atoms with Crippen molar-refractivity contribution in [1.29, 1.82) is 0 Å². The van der Waals surface area contributed by atoms with Gasteiger partial charge in [0, 0.05) is 75.0 Å². The number of carbonyl (C=O) groups is 5. The molecular weight excluding hydrogens is 1010 g/mol. The summed E-state index contributed by atoms with van der Waals surface area (Å²) in [5.41, 5.74) is 1.25. The number of fused-ring (bicyclic) bond motifs is 4. The van der Waals surface area contributed by atoms with Crippen LogP contribution in [0.2, 0.25) is 0 Å². The van der Waals surface area contributed by atoms with E-state index in [0.717, 1.165) is 5.57 Å². The number of nitrogens with zero attached hydrogens (tertiary/aromatic N) is 1. The Bertz CT molecular complexity index is 2540. The Hall–Kier alpha value is -4.70. The van der Waals surface area contributed by atoms with Crippen molar-refractivity contribution in [2.24, 2.45) is 41.4 Å². The average Bonchev–Trinajstić information content (AvgIpc) is 3.49. The predicted octanol–water partition coefficient (Wildman–Crippen LogP) is 8.35. The third kappa shape index (κ3) is 13.9. The van der Waals surface area contributed by atoms with Crippen molar-refractivity contribution < 1.29 is 67.0 Å². The van der Waals surface area contributed by atoms with Gasteiger partial charge >= 0.3 is 5.97 Å². The number of amides is 1. The summed E-state index contributed by atoms with van der Waals surface area (Å²) in [5, 5.41) is 24.9. The van der Waals surface area contributed by atoms with Crippen LogP contribution in [-0.4, -0.2) is 127 Å². The molecule has 4 heterocycles. The van der Waals surface area contributed by atoms with E-state index in [1.165, 1.54) is 12.0 Å². The van der Waals surface area contributed by atoms with E-state index >= 15 is 4.57 Å². The summed E-state index contributed by atoms with van der Waals surface area (Å²) in [6.45, 7) is 10.8. The van der Waals surface area contributed by atoms with Crippen LogP contribution in [0.15, 0.2) is 108 Å². The van der Waals surface area contributed by atoms with Crippen molar-refractivity contribution in [2.45, 2.75) is 167 Å². The zero-order valence-electron chi connectivity index (χ0n) is 47.1. The molecule has 4 bridgehead atoms. The largest absolute Gasteiger partial charge is 0.460 e. The number of carbonyl (C=O) groups excluding carboxylic acids is 5. The average molecular weight is 1100 g/mol. The highest BCUT2D eigenvalue weighted by atomic mass is 31.2. The molecule has 5 unspecified atom stereocenters. The van der Waals surface area contributed by atoms with Gasteiger partial charge in [0.05, 0.1) is 24.4 Å². The lowest BCUT2D eigenvalue weighted by Gasteiger charge is -2.50. The summed E-state index contributed by atoms with van der Waals surface area (Å²) in [6, 6.07) is 17.1. The number of piperidine rings is 1. The number of methoxy groups -OCH3 is 3. The number of rotatable bonds is 9. The van der Waals surface area contributed by atoms with Crippen molar-refractivity contribution >= 4 is 47.2 Å². The first-order chi connectivity index (χ1) is 37.2. The van der Waals surface area contributed by atoms with Crippen molar-refractivity contribution in [3.63, 3.8) is 0 Å². The Balaban J connectivity index is 1.20. The molecule has 4 fully saturated rings. The number of ketones is 3. The van der Waals surface area contributed by atoms with Crippen LogP contribution in [-0.2, 0) is 56.7 Å². The molecule has 1 amide bonds.